The molecule has 126 valence electrons. The number of thioether (sulfide) groups is 1. The van der Waals surface area contributed by atoms with Gasteiger partial charge in [0.05, 0.1) is 17.5 Å². The van der Waals surface area contributed by atoms with E-state index in [4.69, 9.17) is 4.74 Å². The number of carbonyl (C=O) groups excluding carboxylic acids is 1. The summed E-state index contributed by atoms with van der Waals surface area (Å²) in [4.78, 5) is 18.2. The molecule has 1 spiro atoms. The van der Waals surface area contributed by atoms with Crippen molar-refractivity contribution in [2.75, 3.05) is 18.8 Å². The van der Waals surface area contributed by atoms with Crippen molar-refractivity contribution in [1.29, 1.82) is 0 Å². The van der Waals surface area contributed by atoms with Gasteiger partial charge in [0, 0.05) is 37.7 Å². The second-order valence-electron chi connectivity index (χ2n) is 7.17. The highest BCUT2D eigenvalue weighted by molar-refractivity contribution is 8.01. The first-order valence-electron chi connectivity index (χ1n) is 8.48. The number of hydrogen-bond donors (Lipinski definition) is 0. The first-order chi connectivity index (χ1) is 11.1. The monoisotopic (exact) mass is 334 g/mol. The van der Waals surface area contributed by atoms with Gasteiger partial charge in [-0.25, -0.2) is 0 Å². The van der Waals surface area contributed by atoms with Crippen LogP contribution in [0.15, 0.2) is 24.5 Å². The molecule has 3 heterocycles. The quantitative estimate of drug-likeness (QED) is 0.802. The molecule has 5 heteroatoms. The molecule has 2 aliphatic heterocycles. The van der Waals surface area contributed by atoms with Crippen molar-refractivity contribution in [2.24, 2.45) is 5.92 Å². The number of likely N-dealkylation sites (tertiary alicyclic amines) is 1. The predicted molar refractivity (Wildman–Crippen MR) is 93.3 cm³/mol. The molecule has 2 aliphatic rings. The molecular formula is C18H26N2O2S. The van der Waals surface area contributed by atoms with Crippen LogP contribution in [0, 0.1) is 5.92 Å². The Kier molecular flexibility index (Phi) is 5.27. The second-order valence-corrected chi connectivity index (χ2v) is 8.66. The zero-order chi connectivity index (χ0) is 16.3. The number of pyridine rings is 1. The number of nitrogens with zero attached hydrogens (tertiary/aromatic N) is 2. The van der Waals surface area contributed by atoms with Gasteiger partial charge in [0.2, 0.25) is 5.91 Å². The van der Waals surface area contributed by atoms with Gasteiger partial charge in [-0.05, 0) is 36.5 Å². The molecular weight excluding hydrogens is 308 g/mol. The minimum Gasteiger partial charge on any atom is -0.373 e. The van der Waals surface area contributed by atoms with Crippen LogP contribution in [0.2, 0.25) is 0 Å². The van der Waals surface area contributed by atoms with Gasteiger partial charge in [0.1, 0.15) is 0 Å². The topological polar surface area (TPSA) is 42.4 Å². The van der Waals surface area contributed by atoms with Crippen LogP contribution in [-0.2, 0) is 16.1 Å². The van der Waals surface area contributed by atoms with E-state index in [0.717, 1.165) is 31.7 Å². The van der Waals surface area contributed by atoms with Crippen molar-refractivity contribution in [1.82, 2.24) is 9.88 Å². The molecule has 2 fully saturated rings. The van der Waals surface area contributed by atoms with Crippen molar-refractivity contribution < 1.29 is 9.53 Å². The number of ether oxygens (including phenoxy) is 1. The maximum absolute atomic E-state index is 12.1. The molecule has 1 aromatic heterocycles. The van der Waals surface area contributed by atoms with Crippen molar-refractivity contribution in [3.05, 3.63) is 30.1 Å². The van der Waals surface area contributed by atoms with E-state index in [1.165, 1.54) is 5.56 Å². The fourth-order valence-electron chi connectivity index (χ4n) is 3.22. The molecule has 0 radical (unpaired) electrons. The van der Waals surface area contributed by atoms with Crippen molar-refractivity contribution in [2.45, 2.75) is 50.6 Å². The Morgan fingerprint density at radius 3 is 2.87 bits per heavy atom. The molecule has 0 aliphatic carbocycles. The van der Waals surface area contributed by atoms with E-state index in [-0.39, 0.29) is 4.75 Å². The molecule has 23 heavy (non-hydrogen) atoms. The molecule has 0 N–H and O–H groups in total. The number of carbonyl (C=O) groups is 1. The number of amides is 1. The standard InChI is InChI=1S/C18H26N2O2S/c1-14(2)3-4-17(21)20-12-18(13-20)9-16(11-23-18)22-10-15-5-7-19-8-6-15/h5-8,14,16H,3-4,9-13H2,1-2H3/t16-/m1/s1. The fourth-order valence-corrected chi connectivity index (χ4v) is 4.77. The van der Waals surface area contributed by atoms with Crippen molar-refractivity contribution in [3.8, 4) is 0 Å². The molecule has 1 amide bonds. The summed E-state index contributed by atoms with van der Waals surface area (Å²) in [5, 5.41) is 0. The number of rotatable bonds is 6. The smallest absolute Gasteiger partial charge is 0.222 e. The van der Waals surface area contributed by atoms with Gasteiger partial charge in [-0.2, -0.15) is 0 Å². The number of aromatic nitrogens is 1. The summed E-state index contributed by atoms with van der Waals surface area (Å²) in [7, 11) is 0. The van der Waals surface area contributed by atoms with Gasteiger partial charge in [-0.3, -0.25) is 9.78 Å². The van der Waals surface area contributed by atoms with Crippen molar-refractivity contribution in [3.63, 3.8) is 0 Å². The van der Waals surface area contributed by atoms with Gasteiger partial charge in [0.15, 0.2) is 0 Å². The Hall–Kier alpha value is -1.07. The SMILES string of the molecule is CC(C)CCC(=O)N1CC2(C[C@@H](OCc3ccncc3)CS2)C1. The normalized spacial score (nSPS) is 22.6. The van der Waals surface area contributed by atoms with Crippen LogP contribution in [0.1, 0.15) is 38.7 Å². The number of hydrogen-bond acceptors (Lipinski definition) is 4. The van der Waals surface area contributed by atoms with Crippen molar-refractivity contribution >= 4 is 17.7 Å². The third-order valence-electron chi connectivity index (χ3n) is 4.66. The Balaban J connectivity index is 1.40. The first-order valence-corrected chi connectivity index (χ1v) is 9.47. The summed E-state index contributed by atoms with van der Waals surface area (Å²) in [5.74, 6) is 1.96. The maximum atomic E-state index is 12.1. The Bertz CT molecular complexity index is 529. The summed E-state index contributed by atoms with van der Waals surface area (Å²) in [5.41, 5.74) is 1.17. The lowest BCUT2D eigenvalue weighted by molar-refractivity contribution is -0.137. The highest BCUT2D eigenvalue weighted by Crippen LogP contribution is 2.46. The minimum atomic E-state index is 0.260. The van der Waals surface area contributed by atoms with E-state index < -0.39 is 0 Å². The lowest BCUT2D eigenvalue weighted by Crippen LogP contribution is -2.60. The molecule has 0 bridgehead atoms. The molecule has 0 saturated carbocycles. The zero-order valence-corrected chi connectivity index (χ0v) is 14.8. The van der Waals surface area contributed by atoms with Crippen LogP contribution in [0.25, 0.3) is 0 Å². The Morgan fingerprint density at radius 2 is 2.17 bits per heavy atom. The van der Waals surface area contributed by atoms with Crippen LogP contribution in [0.3, 0.4) is 0 Å². The average molecular weight is 334 g/mol. The highest BCUT2D eigenvalue weighted by Gasteiger charge is 2.50. The van der Waals surface area contributed by atoms with Crippen LogP contribution < -0.4 is 0 Å². The van der Waals surface area contributed by atoms with Crippen LogP contribution in [0.4, 0.5) is 0 Å². The molecule has 4 nitrogen and oxygen atoms in total. The Morgan fingerprint density at radius 1 is 1.43 bits per heavy atom. The molecule has 1 atom stereocenters. The summed E-state index contributed by atoms with van der Waals surface area (Å²) in [6.45, 7) is 6.80. The largest absolute Gasteiger partial charge is 0.373 e. The molecule has 3 rings (SSSR count). The maximum Gasteiger partial charge on any atom is 0.222 e. The molecule has 1 aromatic rings. The average Bonchev–Trinajstić information content (AvgIpc) is 2.95. The molecule has 0 aromatic carbocycles. The van der Waals surface area contributed by atoms with Crippen LogP contribution in [0.5, 0.6) is 0 Å². The van der Waals surface area contributed by atoms with Gasteiger partial charge in [-0.1, -0.05) is 13.8 Å². The van der Waals surface area contributed by atoms with E-state index in [2.05, 4.69) is 18.8 Å². The fraction of sp³-hybridized carbons (Fsp3) is 0.667. The van der Waals surface area contributed by atoms with Gasteiger partial charge in [0.25, 0.3) is 0 Å². The van der Waals surface area contributed by atoms with Gasteiger partial charge >= 0.3 is 0 Å². The Labute approximate surface area is 143 Å². The van der Waals surface area contributed by atoms with E-state index in [1.807, 2.05) is 28.8 Å². The van der Waals surface area contributed by atoms with Gasteiger partial charge in [-0.15, -0.1) is 11.8 Å². The summed E-state index contributed by atoms with van der Waals surface area (Å²) < 4.78 is 6.30. The van der Waals surface area contributed by atoms with E-state index in [1.54, 1.807) is 12.4 Å². The highest BCUT2D eigenvalue weighted by atomic mass is 32.2. The third-order valence-corrected chi connectivity index (χ3v) is 6.23. The van der Waals surface area contributed by atoms with Gasteiger partial charge < -0.3 is 9.64 Å². The summed E-state index contributed by atoms with van der Waals surface area (Å²) >= 11 is 1.99. The van der Waals surface area contributed by atoms with E-state index in [0.29, 0.717) is 31.0 Å². The van der Waals surface area contributed by atoms with E-state index >= 15 is 0 Å². The molecule has 2 saturated heterocycles. The lowest BCUT2D eigenvalue weighted by Gasteiger charge is -2.47. The van der Waals surface area contributed by atoms with E-state index in [9.17, 15) is 4.79 Å². The van der Waals surface area contributed by atoms with Crippen LogP contribution in [-0.4, -0.2) is 45.5 Å². The first kappa shape index (κ1) is 16.8. The summed E-state index contributed by atoms with van der Waals surface area (Å²) in [6.07, 6.45) is 6.66. The second kappa shape index (κ2) is 7.22. The minimum absolute atomic E-state index is 0.260. The van der Waals surface area contributed by atoms with Crippen LogP contribution >= 0.6 is 11.8 Å². The zero-order valence-electron chi connectivity index (χ0n) is 14.0. The third kappa shape index (κ3) is 4.27. The molecule has 0 unspecified atom stereocenters. The lowest BCUT2D eigenvalue weighted by atomic mass is 9.92. The predicted octanol–water partition coefficient (Wildman–Crippen LogP) is 3.12. The summed E-state index contributed by atoms with van der Waals surface area (Å²) in [6, 6.07) is 3.99.